The van der Waals surface area contributed by atoms with Gasteiger partial charge in [-0.3, -0.25) is 0 Å². The molecule has 2 heterocycles. The smallest absolute Gasteiger partial charge is 0.407 e. The van der Waals surface area contributed by atoms with Gasteiger partial charge >= 0.3 is 6.09 Å². The van der Waals surface area contributed by atoms with Crippen molar-refractivity contribution in [3.8, 4) is 17.1 Å². The van der Waals surface area contributed by atoms with E-state index in [2.05, 4.69) is 30.4 Å². The molecule has 6 rings (SSSR count). The number of carbonyl (C=O) groups is 1. The molecule has 0 aliphatic carbocycles. The summed E-state index contributed by atoms with van der Waals surface area (Å²) in [5, 5.41) is 19.7. The molecule has 0 bridgehead atoms. The van der Waals surface area contributed by atoms with Crippen LogP contribution >= 0.6 is 0 Å². The van der Waals surface area contributed by atoms with E-state index in [0.29, 0.717) is 55.1 Å². The van der Waals surface area contributed by atoms with Crippen LogP contribution in [-0.2, 0) is 53.6 Å². The minimum Gasteiger partial charge on any atom is -0.497 e. The van der Waals surface area contributed by atoms with Crippen molar-refractivity contribution in [2.45, 2.75) is 114 Å². The summed E-state index contributed by atoms with van der Waals surface area (Å²) in [6, 6.07) is 28.4. The normalized spacial score (nSPS) is 14.4. The van der Waals surface area contributed by atoms with Gasteiger partial charge in [-0.05, 0) is 109 Å². The first-order chi connectivity index (χ1) is 35.0. The van der Waals surface area contributed by atoms with Gasteiger partial charge in [0.15, 0.2) is 8.32 Å². The first-order valence-corrected chi connectivity index (χ1v) is 30.5. The lowest BCUT2D eigenvalue weighted by molar-refractivity contribution is 0.0498. The molecule has 0 unspecified atom stereocenters. The molecule has 5 aromatic rings. The van der Waals surface area contributed by atoms with Crippen molar-refractivity contribution in [1.82, 2.24) is 34.6 Å². The molecular weight excluding hydrogens is 1000 g/mol. The Labute approximate surface area is 437 Å². The molecule has 23 heteroatoms. The zero-order valence-electron chi connectivity index (χ0n) is 43.9. The summed E-state index contributed by atoms with van der Waals surface area (Å²) < 4.78 is 90.4. The number of benzene rings is 4. The van der Waals surface area contributed by atoms with Crippen LogP contribution < -0.4 is 19.7 Å². The summed E-state index contributed by atoms with van der Waals surface area (Å²) in [6.45, 7) is 16.7. The molecule has 0 saturated carbocycles. The fraction of sp³-hybridized carbons (Fsp3) is 0.490. The van der Waals surface area contributed by atoms with Crippen LogP contribution in [0.3, 0.4) is 0 Å². The Morgan fingerprint density at radius 1 is 0.878 bits per heavy atom. The number of nitrogens with one attached hydrogen (secondary N) is 2. The Bertz CT molecular complexity index is 2860. The van der Waals surface area contributed by atoms with E-state index in [1.165, 1.54) is 15.2 Å². The fourth-order valence-corrected chi connectivity index (χ4v) is 12.8. The maximum atomic E-state index is 16.2. The van der Waals surface area contributed by atoms with Crippen LogP contribution in [0.1, 0.15) is 71.1 Å². The lowest BCUT2D eigenvalue weighted by atomic mass is 9.96. The molecule has 0 radical (unpaired) electrons. The highest BCUT2D eigenvalue weighted by molar-refractivity contribution is 7.92. The van der Waals surface area contributed by atoms with Crippen molar-refractivity contribution in [3.05, 3.63) is 124 Å². The molecule has 1 fully saturated rings. The number of carbonyl (C=O) groups excluding carboxylic acids is 1. The monoisotopic (exact) mass is 1070 g/mol. The Morgan fingerprint density at radius 3 is 2.07 bits per heavy atom. The number of nitrogens with zero attached hydrogens (tertiary/aromatic N) is 9. The van der Waals surface area contributed by atoms with Crippen LogP contribution in [0, 0.1) is 5.92 Å². The van der Waals surface area contributed by atoms with E-state index in [0.717, 1.165) is 5.56 Å². The Kier molecular flexibility index (Phi) is 19.4. The van der Waals surface area contributed by atoms with Gasteiger partial charge in [-0.25, -0.2) is 26.4 Å². The average molecular weight is 1070 g/mol. The molecule has 20 nitrogen and oxygen atoms in total. The number of aromatic nitrogens is 4. The topological polar surface area (TPSA) is 245 Å². The highest BCUT2D eigenvalue weighted by Crippen LogP contribution is 2.43. The van der Waals surface area contributed by atoms with Gasteiger partial charge in [-0.2, -0.15) is 9.10 Å². The van der Waals surface area contributed by atoms with Gasteiger partial charge in [0.1, 0.15) is 21.1 Å². The van der Waals surface area contributed by atoms with Gasteiger partial charge in [0.25, 0.3) is 0 Å². The number of azide groups is 1. The maximum absolute atomic E-state index is 16.2. The number of amides is 1. The summed E-state index contributed by atoms with van der Waals surface area (Å²) in [5.41, 5.74) is 10.4. The summed E-state index contributed by atoms with van der Waals surface area (Å²) in [5.74, 6) is 0.700. The third-order valence-electron chi connectivity index (χ3n) is 12.9. The molecule has 4 aromatic carbocycles. The number of hydrogen-bond donors (Lipinski definition) is 2. The molecule has 1 atom stereocenters. The minimum atomic E-state index is -4.86. The lowest BCUT2D eigenvalue weighted by Gasteiger charge is -2.39. The Hall–Kier alpha value is -5.91. The SMILES string of the molecule is COc1ccc(Cn2nnc(-c3c(N4CCC(COCCN=[N+]=[N-])CC4)ccc(S(=O)(=O)NC[C@@H](CNC(=O)OC(C)(C)C)O[Si](C)(C)C(C)(C)C)c3S(=O)(=O)N(Cc3ccccc3)Cc3ccccc3)n2)cc1. The summed E-state index contributed by atoms with van der Waals surface area (Å²) in [7, 11) is -10.7. The molecule has 1 aromatic heterocycles. The second-order valence-electron chi connectivity index (χ2n) is 20.7. The standard InChI is InChI=1S/C51H71N11O9S2Si/c1-50(2,3)70-49(63)53-32-43(71-74(8,9)51(4,5)6)33-55-72(64,65)45-25-24-44(60-29-26-41(27-30-60)37-69-31-28-54-58-52)46(48-56-59-62(57-48)36-40-20-22-42(68-7)23-21-40)47(45)73(66,67)61(34-38-16-12-10-13-17-38)35-39-18-14-11-15-19-39/h10-25,41,43,55H,26-37H2,1-9H3,(H,53,63)/t43-/m1/s1. The van der Waals surface area contributed by atoms with Crippen molar-refractivity contribution >= 4 is 40.1 Å². The first-order valence-electron chi connectivity index (χ1n) is 24.6. The zero-order chi connectivity index (χ0) is 53.7. The van der Waals surface area contributed by atoms with Crippen LogP contribution in [0.2, 0.25) is 18.1 Å². The van der Waals surface area contributed by atoms with Gasteiger partial charge in [-0.15, -0.1) is 10.2 Å². The molecule has 2 N–H and O–H groups in total. The molecule has 1 saturated heterocycles. The van der Waals surface area contributed by atoms with Crippen LogP contribution in [0.4, 0.5) is 10.5 Å². The highest BCUT2D eigenvalue weighted by atomic mass is 32.2. The Morgan fingerprint density at radius 2 is 1.50 bits per heavy atom. The molecule has 1 aliphatic rings. The van der Waals surface area contributed by atoms with Crippen LogP contribution in [0.15, 0.2) is 112 Å². The van der Waals surface area contributed by atoms with Crippen molar-refractivity contribution in [1.29, 1.82) is 0 Å². The number of alkyl carbamates (subject to hydrolysis) is 1. The van der Waals surface area contributed by atoms with Gasteiger partial charge < -0.3 is 28.9 Å². The number of rotatable bonds is 24. The molecule has 0 spiro atoms. The van der Waals surface area contributed by atoms with Crippen molar-refractivity contribution in [3.63, 3.8) is 0 Å². The number of sulfonamides is 2. The first kappa shape index (κ1) is 57.4. The van der Waals surface area contributed by atoms with Gasteiger partial charge in [0.2, 0.25) is 25.9 Å². The van der Waals surface area contributed by atoms with Crippen molar-refractivity contribution < 1.29 is 40.3 Å². The maximum Gasteiger partial charge on any atom is 0.407 e. The van der Waals surface area contributed by atoms with Gasteiger partial charge in [0.05, 0.1) is 31.9 Å². The van der Waals surface area contributed by atoms with E-state index in [1.54, 1.807) is 46.1 Å². The minimum absolute atomic E-state index is 0.0373. The molecule has 74 heavy (non-hydrogen) atoms. The quantitative estimate of drug-likeness (QED) is 0.0194. The number of ether oxygens (including phenoxy) is 3. The summed E-state index contributed by atoms with van der Waals surface area (Å²) >= 11 is 0. The van der Waals surface area contributed by atoms with E-state index >= 15 is 16.8 Å². The van der Waals surface area contributed by atoms with Crippen molar-refractivity contribution in [2.75, 3.05) is 57.9 Å². The number of piperidine rings is 1. The summed E-state index contributed by atoms with van der Waals surface area (Å²) in [4.78, 5) is 18.0. The lowest BCUT2D eigenvalue weighted by Crippen LogP contribution is -2.51. The highest BCUT2D eigenvalue weighted by Gasteiger charge is 2.42. The zero-order valence-corrected chi connectivity index (χ0v) is 46.5. The number of hydrogen-bond acceptors (Lipinski definition) is 14. The molecular formula is C51H71N11O9S2Si. The third kappa shape index (κ3) is 15.8. The van der Waals surface area contributed by atoms with E-state index in [4.69, 9.17) is 29.3 Å². The van der Waals surface area contributed by atoms with Gasteiger partial charge in [0, 0.05) is 63.0 Å². The van der Waals surface area contributed by atoms with E-state index in [9.17, 15) is 4.79 Å². The molecule has 1 aliphatic heterocycles. The second-order valence-corrected chi connectivity index (χ2v) is 29.1. The average Bonchev–Trinajstić information content (AvgIpc) is 3.82. The van der Waals surface area contributed by atoms with E-state index in [1.807, 2.05) is 112 Å². The van der Waals surface area contributed by atoms with E-state index < -0.39 is 56.0 Å². The number of anilines is 1. The fourth-order valence-electron chi connectivity index (χ4n) is 8.02. The molecule has 400 valence electrons. The van der Waals surface area contributed by atoms with Crippen LogP contribution in [-0.4, -0.2) is 121 Å². The summed E-state index contributed by atoms with van der Waals surface area (Å²) in [6.07, 6.45) is -0.287. The largest absolute Gasteiger partial charge is 0.497 e. The van der Waals surface area contributed by atoms with E-state index in [-0.39, 0.29) is 68.2 Å². The third-order valence-corrected chi connectivity index (χ3v) is 20.9. The van der Waals surface area contributed by atoms with Crippen LogP contribution in [0.25, 0.3) is 21.8 Å². The van der Waals surface area contributed by atoms with Gasteiger partial charge in [-0.1, -0.05) is 98.7 Å². The van der Waals surface area contributed by atoms with Crippen LogP contribution in [0.5, 0.6) is 5.75 Å². The predicted octanol–water partition coefficient (Wildman–Crippen LogP) is 8.52. The second kappa shape index (κ2) is 25.1. The number of tetrazole rings is 1. The molecule has 1 amide bonds. The van der Waals surface area contributed by atoms with Crippen molar-refractivity contribution in [2.24, 2.45) is 11.0 Å². The Balaban J connectivity index is 1.52. The predicted molar refractivity (Wildman–Crippen MR) is 286 cm³/mol. The number of methoxy groups -OCH3 is 1.